The molecule has 0 bridgehead atoms. The van der Waals surface area contributed by atoms with Crippen LogP contribution in [0, 0.1) is 5.92 Å². The Labute approximate surface area is 128 Å². The van der Waals surface area contributed by atoms with Gasteiger partial charge in [-0.15, -0.1) is 0 Å². The van der Waals surface area contributed by atoms with Gasteiger partial charge in [0.05, 0.1) is 0 Å². The summed E-state index contributed by atoms with van der Waals surface area (Å²) in [5.41, 5.74) is 0. The second-order valence-electron chi connectivity index (χ2n) is 6.78. The largest absolute Gasteiger partial charge is 0.343 e. The molecule has 21 heavy (non-hydrogen) atoms. The SMILES string of the molecule is CCC1NC(=O)C(C(C)C)N(CC2CCCCN2C)C1=O. The monoisotopic (exact) mass is 295 g/mol. The van der Waals surface area contributed by atoms with E-state index in [4.69, 9.17) is 0 Å². The summed E-state index contributed by atoms with van der Waals surface area (Å²) in [6, 6.07) is -0.288. The van der Waals surface area contributed by atoms with Crippen LogP contribution < -0.4 is 5.32 Å². The van der Waals surface area contributed by atoms with Crippen LogP contribution in [0.5, 0.6) is 0 Å². The van der Waals surface area contributed by atoms with Gasteiger partial charge in [-0.05, 0) is 38.8 Å². The molecule has 2 saturated heterocycles. The summed E-state index contributed by atoms with van der Waals surface area (Å²) in [4.78, 5) is 29.2. The zero-order chi connectivity index (χ0) is 15.6. The Bertz CT molecular complexity index is 397. The van der Waals surface area contributed by atoms with Crippen molar-refractivity contribution in [2.45, 2.75) is 64.6 Å². The van der Waals surface area contributed by atoms with Crippen molar-refractivity contribution in [3.8, 4) is 0 Å². The molecule has 0 saturated carbocycles. The van der Waals surface area contributed by atoms with Gasteiger partial charge in [0.15, 0.2) is 0 Å². The molecular weight excluding hydrogens is 266 g/mol. The molecule has 0 spiro atoms. The topological polar surface area (TPSA) is 52.7 Å². The Morgan fingerprint density at radius 3 is 2.57 bits per heavy atom. The number of hydrogen-bond acceptors (Lipinski definition) is 3. The number of rotatable bonds is 4. The fourth-order valence-corrected chi connectivity index (χ4v) is 3.54. The fourth-order valence-electron chi connectivity index (χ4n) is 3.54. The first-order valence-electron chi connectivity index (χ1n) is 8.26. The van der Waals surface area contributed by atoms with Crippen LogP contribution in [0.25, 0.3) is 0 Å². The second kappa shape index (κ2) is 6.77. The molecule has 120 valence electrons. The van der Waals surface area contributed by atoms with Crippen molar-refractivity contribution >= 4 is 11.8 Å². The van der Waals surface area contributed by atoms with Crippen LogP contribution in [0.4, 0.5) is 0 Å². The van der Waals surface area contributed by atoms with E-state index in [1.165, 1.54) is 12.8 Å². The number of likely N-dealkylation sites (N-methyl/N-ethyl adjacent to an activating group) is 1. The first kappa shape index (κ1) is 16.3. The van der Waals surface area contributed by atoms with Gasteiger partial charge < -0.3 is 15.1 Å². The standard InChI is InChI=1S/C16H29N3O2/c1-5-13-16(21)19(14(11(2)3)15(20)17-13)10-12-8-6-7-9-18(12)4/h11-14H,5-10H2,1-4H3,(H,17,20). The molecule has 2 aliphatic heterocycles. The summed E-state index contributed by atoms with van der Waals surface area (Å²) in [5, 5.41) is 2.88. The average molecular weight is 295 g/mol. The Morgan fingerprint density at radius 2 is 2.00 bits per heavy atom. The molecule has 5 heteroatoms. The Morgan fingerprint density at radius 1 is 1.29 bits per heavy atom. The van der Waals surface area contributed by atoms with E-state index in [1.54, 1.807) is 0 Å². The average Bonchev–Trinajstić information content (AvgIpc) is 2.44. The number of nitrogens with one attached hydrogen (secondary N) is 1. The van der Waals surface area contributed by atoms with Crippen molar-refractivity contribution in [3.05, 3.63) is 0 Å². The lowest BCUT2D eigenvalue weighted by molar-refractivity contribution is -0.152. The van der Waals surface area contributed by atoms with Crippen LogP contribution in [0.1, 0.15) is 46.5 Å². The minimum Gasteiger partial charge on any atom is -0.343 e. The summed E-state index contributed by atoms with van der Waals surface area (Å²) in [6.07, 6.45) is 4.22. The summed E-state index contributed by atoms with van der Waals surface area (Å²) in [5.74, 6) is 0.241. The zero-order valence-corrected chi connectivity index (χ0v) is 13.8. The highest BCUT2D eigenvalue weighted by molar-refractivity contribution is 5.97. The summed E-state index contributed by atoms with van der Waals surface area (Å²) in [6.45, 7) is 7.75. The third-order valence-electron chi connectivity index (χ3n) is 4.87. The first-order valence-corrected chi connectivity index (χ1v) is 8.26. The zero-order valence-electron chi connectivity index (χ0n) is 13.8. The van der Waals surface area contributed by atoms with Gasteiger partial charge in [-0.2, -0.15) is 0 Å². The number of amides is 2. The van der Waals surface area contributed by atoms with Crippen molar-refractivity contribution in [3.63, 3.8) is 0 Å². The third-order valence-corrected chi connectivity index (χ3v) is 4.87. The quantitative estimate of drug-likeness (QED) is 0.849. The van der Waals surface area contributed by atoms with E-state index in [1.807, 2.05) is 25.7 Å². The second-order valence-corrected chi connectivity index (χ2v) is 6.78. The maximum atomic E-state index is 12.7. The molecule has 3 unspecified atom stereocenters. The molecule has 5 nitrogen and oxygen atoms in total. The molecule has 3 atom stereocenters. The number of likely N-dealkylation sites (tertiary alicyclic amines) is 1. The Balaban J connectivity index is 2.17. The van der Waals surface area contributed by atoms with Gasteiger partial charge in [0.2, 0.25) is 11.8 Å². The van der Waals surface area contributed by atoms with Gasteiger partial charge in [0.1, 0.15) is 12.1 Å². The molecule has 2 rings (SSSR count). The van der Waals surface area contributed by atoms with Gasteiger partial charge >= 0.3 is 0 Å². The normalized spacial score (nSPS) is 31.7. The minimum atomic E-state index is -0.346. The maximum absolute atomic E-state index is 12.7. The predicted molar refractivity (Wildman–Crippen MR) is 82.8 cm³/mol. The third kappa shape index (κ3) is 3.39. The lowest BCUT2D eigenvalue weighted by Gasteiger charge is -2.44. The highest BCUT2D eigenvalue weighted by atomic mass is 16.2. The molecule has 1 N–H and O–H groups in total. The van der Waals surface area contributed by atoms with E-state index in [9.17, 15) is 9.59 Å². The number of hydrogen-bond donors (Lipinski definition) is 1. The van der Waals surface area contributed by atoms with Crippen molar-refractivity contribution in [1.82, 2.24) is 15.1 Å². The van der Waals surface area contributed by atoms with Crippen LogP contribution in [-0.2, 0) is 9.59 Å². The Hall–Kier alpha value is -1.10. The van der Waals surface area contributed by atoms with E-state index < -0.39 is 0 Å². The van der Waals surface area contributed by atoms with Crippen LogP contribution >= 0.6 is 0 Å². The van der Waals surface area contributed by atoms with Crippen LogP contribution in [0.2, 0.25) is 0 Å². The molecule has 2 heterocycles. The number of nitrogens with zero attached hydrogens (tertiary/aromatic N) is 2. The van der Waals surface area contributed by atoms with E-state index >= 15 is 0 Å². The van der Waals surface area contributed by atoms with Crippen molar-refractivity contribution < 1.29 is 9.59 Å². The van der Waals surface area contributed by atoms with Crippen LogP contribution in [-0.4, -0.2) is 59.9 Å². The van der Waals surface area contributed by atoms with Gasteiger partial charge in [-0.1, -0.05) is 27.2 Å². The lowest BCUT2D eigenvalue weighted by atomic mass is 9.94. The lowest BCUT2D eigenvalue weighted by Crippen LogP contribution is -2.66. The summed E-state index contributed by atoms with van der Waals surface area (Å²) < 4.78 is 0. The van der Waals surface area contributed by atoms with Crippen molar-refractivity contribution in [2.75, 3.05) is 20.1 Å². The molecular formula is C16H29N3O2. The molecule has 2 amide bonds. The smallest absolute Gasteiger partial charge is 0.245 e. The highest BCUT2D eigenvalue weighted by Crippen LogP contribution is 2.23. The number of carbonyl (C=O) groups excluding carboxylic acids is 2. The van der Waals surface area contributed by atoms with Crippen molar-refractivity contribution in [2.24, 2.45) is 5.92 Å². The number of carbonyl (C=O) groups is 2. The summed E-state index contributed by atoms with van der Waals surface area (Å²) in [7, 11) is 2.13. The van der Waals surface area contributed by atoms with E-state index in [-0.39, 0.29) is 29.8 Å². The molecule has 2 fully saturated rings. The Kier molecular flexibility index (Phi) is 5.25. The first-order chi connectivity index (χ1) is 9.95. The van der Waals surface area contributed by atoms with Gasteiger partial charge in [-0.25, -0.2) is 0 Å². The van der Waals surface area contributed by atoms with Gasteiger partial charge in [0, 0.05) is 12.6 Å². The van der Waals surface area contributed by atoms with Crippen LogP contribution in [0.15, 0.2) is 0 Å². The summed E-state index contributed by atoms with van der Waals surface area (Å²) >= 11 is 0. The van der Waals surface area contributed by atoms with E-state index in [0.29, 0.717) is 19.0 Å². The number of piperidine rings is 1. The van der Waals surface area contributed by atoms with E-state index in [0.717, 1.165) is 13.0 Å². The van der Waals surface area contributed by atoms with Crippen LogP contribution in [0.3, 0.4) is 0 Å². The fraction of sp³-hybridized carbons (Fsp3) is 0.875. The molecule has 0 aromatic carbocycles. The van der Waals surface area contributed by atoms with Gasteiger partial charge in [0.25, 0.3) is 0 Å². The predicted octanol–water partition coefficient (Wildman–Crippen LogP) is 1.23. The minimum absolute atomic E-state index is 0.00918. The maximum Gasteiger partial charge on any atom is 0.245 e. The van der Waals surface area contributed by atoms with E-state index in [2.05, 4.69) is 17.3 Å². The molecule has 2 aliphatic rings. The molecule has 0 aromatic rings. The highest BCUT2D eigenvalue weighted by Gasteiger charge is 2.42. The van der Waals surface area contributed by atoms with Gasteiger partial charge in [-0.3, -0.25) is 9.59 Å². The molecule has 0 aliphatic carbocycles. The molecule has 0 radical (unpaired) electrons. The molecule has 0 aromatic heterocycles. The van der Waals surface area contributed by atoms with Crippen molar-refractivity contribution in [1.29, 1.82) is 0 Å². The number of piperazine rings is 1.